The summed E-state index contributed by atoms with van der Waals surface area (Å²) in [4.78, 5) is 0. The van der Waals surface area contributed by atoms with Gasteiger partial charge in [0.05, 0.1) is 0 Å². The molecule has 0 saturated heterocycles. The predicted octanol–water partition coefficient (Wildman–Crippen LogP) is 1.48. The first-order chi connectivity index (χ1) is 5.31. The molecular formula is C10H19NO. The molecule has 2 fully saturated rings. The maximum Gasteiger partial charge on any atom is 0.119 e. The molecule has 0 aromatic rings. The Morgan fingerprint density at radius 3 is 2.08 bits per heavy atom. The lowest BCUT2D eigenvalue weighted by molar-refractivity contribution is -0.0844. The number of fused-ring (bicyclic) bond motifs is 2. The van der Waals surface area contributed by atoms with Crippen LogP contribution in [-0.4, -0.2) is 10.8 Å². The first-order valence-electron chi connectivity index (χ1n) is 4.82. The van der Waals surface area contributed by atoms with Crippen molar-refractivity contribution in [3.63, 3.8) is 0 Å². The van der Waals surface area contributed by atoms with Gasteiger partial charge in [0.1, 0.15) is 5.72 Å². The zero-order valence-corrected chi connectivity index (χ0v) is 8.22. The van der Waals surface area contributed by atoms with Crippen molar-refractivity contribution in [2.75, 3.05) is 0 Å². The van der Waals surface area contributed by atoms with Gasteiger partial charge in [-0.25, -0.2) is 0 Å². The van der Waals surface area contributed by atoms with Gasteiger partial charge >= 0.3 is 0 Å². The summed E-state index contributed by atoms with van der Waals surface area (Å²) in [5.74, 6) is 0.623. The minimum atomic E-state index is -0.917. The second-order valence-corrected chi connectivity index (χ2v) is 5.42. The molecule has 0 heterocycles. The van der Waals surface area contributed by atoms with Crippen molar-refractivity contribution in [1.82, 2.24) is 0 Å². The fraction of sp³-hybridized carbons (Fsp3) is 1.00. The van der Waals surface area contributed by atoms with Gasteiger partial charge in [0.15, 0.2) is 0 Å². The fourth-order valence-corrected chi connectivity index (χ4v) is 3.33. The molecule has 0 amide bonds. The van der Waals surface area contributed by atoms with Crippen LogP contribution in [0.4, 0.5) is 0 Å². The Morgan fingerprint density at radius 1 is 1.33 bits per heavy atom. The number of rotatable bonds is 0. The van der Waals surface area contributed by atoms with E-state index in [2.05, 4.69) is 20.8 Å². The predicted molar refractivity (Wildman–Crippen MR) is 48.4 cm³/mol. The summed E-state index contributed by atoms with van der Waals surface area (Å²) in [5.41, 5.74) is 5.17. The Balaban J connectivity index is 2.47. The van der Waals surface area contributed by atoms with Gasteiger partial charge in [-0.1, -0.05) is 20.8 Å². The monoisotopic (exact) mass is 169 g/mol. The number of hydrogen-bond donors (Lipinski definition) is 2. The third kappa shape index (κ3) is 0.647. The molecule has 2 bridgehead atoms. The van der Waals surface area contributed by atoms with E-state index >= 15 is 0 Å². The Hall–Kier alpha value is -0.0800. The molecule has 2 heteroatoms. The van der Waals surface area contributed by atoms with Crippen molar-refractivity contribution in [3.05, 3.63) is 0 Å². The maximum atomic E-state index is 10.1. The van der Waals surface area contributed by atoms with Crippen LogP contribution in [-0.2, 0) is 0 Å². The van der Waals surface area contributed by atoms with E-state index in [4.69, 9.17) is 5.73 Å². The van der Waals surface area contributed by atoms with Crippen LogP contribution >= 0.6 is 0 Å². The fourth-order valence-electron chi connectivity index (χ4n) is 3.33. The summed E-state index contributed by atoms with van der Waals surface area (Å²) in [5, 5.41) is 10.1. The lowest BCUT2D eigenvalue weighted by Gasteiger charge is -2.42. The second kappa shape index (κ2) is 1.88. The van der Waals surface area contributed by atoms with E-state index in [9.17, 15) is 5.11 Å². The van der Waals surface area contributed by atoms with E-state index in [-0.39, 0.29) is 10.8 Å². The van der Waals surface area contributed by atoms with Gasteiger partial charge in [0.2, 0.25) is 0 Å². The Bertz CT molecular complexity index is 222. The number of hydrogen-bond acceptors (Lipinski definition) is 2. The molecule has 2 saturated carbocycles. The largest absolute Gasteiger partial charge is 0.375 e. The van der Waals surface area contributed by atoms with E-state index in [0.717, 1.165) is 12.8 Å². The highest BCUT2D eigenvalue weighted by Gasteiger charge is 2.67. The lowest BCUT2D eigenvalue weighted by atomic mass is 9.68. The zero-order valence-electron chi connectivity index (χ0n) is 8.22. The summed E-state index contributed by atoms with van der Waals surface area (Å²) in [6.07, 6.45) is 3.11. The van der Waals surface area contributed by atoms with Crippen LogP contribution in [0.5, 0.6) is 0 Å². The SMILES string of the molecule is CC1(C)C2CCC1(C)C(N)(O)C2. The molecule has 3 atom stereocenters. The highest BCUT2D eigenvalue weighted by Crippen LogP contribution is 2.67. The molecule has 12 heavy (non-hydrogen) atoms. The van der Waals surface area contributed by atoms with Crippen molar-refractivity contribution in [1.29, 1.82) is 0 Å². The first kappa shape index (κ1) is 8.52. The summed E-state index contributed by atoms with van der Waals surface area (Å²) < 4.78 is 0. The summed E-state index contributed by atoms with van der Waals surface area (Å²) >= 11 is 0. The van der Waals surface area contributed by atoms with Crippen LogP contribution in [0, 0.1) is 16.7 Å². The Kier molecular flexibility index (Phi) is 1.33. The summed E-state index contributed by atoms with van der Waals surface area (Å²) in [6.45, 7) is 6.63. The van der Waals surface area contributed by atoms with Gasteiger partial charge in [-0.3, -0.25) is 0 Å². The molecule has 2 aliphatic rings. The lowest BCUT2D eigenvalue weighted by Crippen LogP contribution is -2.54. The standard InChI is InChI=1S/C10H19NO/c1-8(2)7-4-5-9(8,3)10(11,12)6-7/h7,12H,4-6,11H2,1-3H3. The average molecular weight is 169 g/mol. The van der Waals surface area contributed by atoms with Gasteiger partial charge < -0.3 is 10.8 Å². The van der Waals surface area contributed by atoms with Crippen LogP contribution in [0.2, 0.25) is 0 Å². The third-order valence-corrected chi connectivity index (χ3v) is 4.95. The Morgan fingerprint density at radius 2 is 1.92 bits per heavy atom. The summed E-state index contributed by atoms with van der Waals surface area (Å²) in [6, 6.07) is 0. The van der Waals surface area contributed by atoms with Crippen molar-refractivity contribution < 1.29 is 5.11 Å². The molecular weight excluding hydrogens is 150 g/mol. The third-order valence-electron chi connectivity index (χ3n) is 4.95. The van der Waals surface area contributed by atoms with Crippen LogP contribution in [0.1, 0.15) is 40.0 Å². The Labute approximate surface area is 74.1 Å². The van der Waals surface area contributed by atoms with Gasteiger partial charge in [0, 0.05) is 5.41 Å². The quantitative estimate of drug-likeness (QED) is 0.539. The van der Waals surface area contributed by atoms with E-state index < -0.39 is 5.72 Å². The van der Waals surface area contributed by atoms with Gasteiger partial charge in [0.25, 0.3) is 0 Å². The van der Waals surface area contributed by atoms with Crippen LogP contribution < -0.4 is 5.73 Å². The second-order valence-electron chi connectivity index (χ2n) is 5.42. The van der Waals surface area contributed by atoms with Crippen molar-refractivity contribution >= 4 is 0 Å². The molecule has 0 aromatic carbocycles. The molecule has 0 radical (unpaired) electrons. The topological polar surface area (TPSA) is 46.2 Å². The molecule has 0 aliphatic heterocycles. The highest BCUT2D eigenvalue weighted by molar-refractivity contribution is 5.15. The highest BCUT2D eigenvalue weighted by atomic mass is 16.3. The maximum absolute atomic E-state index is 10.1. The van der Waals surface area contributed by atoms with Gasteiger partial charge in [-0.15, -0.1) is 0 Å². The van der Waals surface area contributed by atoms with E-state index in [1.165, 1.54) is 6.42 Å². The van der Waals surface area contributed by atoms with E-state index in [1.54, 1.807) is 0 Å². The molecule has 70 valence electrons. The minimum Gasteiger partial charge on any atom is -0.375 e. The van der Waals surface area contributed by atoms with Crippen LogP contribution in [0.25, 0.3) is 0 Å². The zero-order chi connectivity index (χ0) is 9.20. The molecule has 2 rings (SSSR count). The van der Waals surface area contributed by atoms with Crippen molar-refractivity contribution in [2.24, 2.45) is 22.5 Å². The molecule has 3 unspecified atom stereocenters. The molecule has 2 aliphatic carbocycles. The van der Waals surface area contributed by atoms with Gasteiger partial charge in [-0.05, 0) is 30.6 Å². The summed E-state index contributed by atoms with van der Waals surface area (Å²) in [7, 11) is 0. The van der Waals surface area contributed by atoms with Gasteiger partial charge in [-0.2, -0.15) is 0 Å². The normalized spacial score (nSPS) is 56.2. The van der Waals surface area contributed by atoms with E-state index in [1.807, 2.05) is 0 Å². The minimum absolute atomic E-state index is 0.0648. The van der Waals surface area contributed by atoms with E-state index in [0.29, 0.717) is 5.92 Å². The smallest absolute Gasteiger partial charge is 0.119 e. The van der Waals surface area contributed by atoms with Crippen molar-refractivity contribution in [3.8, 4) is 0 Å². The number of nitrogens with two attached hydrogens (primary N) is 1. The van der Waals surface area contributed by atoms with Crippen LogP contribution in [0.3, 0.4) is 0 Å². The van der Waals surface area contributed by atoms with Crippen LogP contribution in [0.15, 0.2) is 0 Å². The molecule has 0 aromatic heterocycles. The first-order valence-corrected chi connectivity index (χ1v) is 4.82. The van der Waals surface area contributed by atoms with Crippen molar-refractivity contribution in [2.45, 2.75) is 45.8 Å². The molecule has 3 N–H and O–H groups in total. The number of aliphatic hydroxyl groups is 1. The molecule has 2 nitrogen and oxygen atoms in total. The molecule has 0 spiro atoms. The average Bonchev–Trinajstić information content (AvgIpc) is 2.18.